The quantitative estimate of drug-likeness (QED) is 0.790. The molecule has 0 bridgehead atoms. The van der Waals surface area contributed by atoms with Gasteiger partial charge in [0.1, 0.15) is 5.82 Å². The highest BCUT2D eigenvalue weighted by Gasteiger charge is 2.36. The maximum absolute atomic E-state index is 5.62. The maximum Gasteiger partial charge on any atom is 0.131 e. The van der Waals surface area contributed by atoms with Gasteiger partial charge in [0.2, 0.25) is 0 Å². The molecular weight excluding hydrogens is 174 g/mol. The molecule has 76 valence electrons. The van der Waals surface area contributed by atoms with E-state index in [0.29, 0.717) is 12.5 Å². The third-order valence-corrected chi connectivity index (χ3v) is 2.97. The van der Waals surface area contributed by atoms with Crippen molar-refractivity contribution in [1.29, 1.82) is 0 Å². The van der Waals surface area contributed by atoms with Crippen molar-refractivity contribution >= 4 is 0 Å². The first-order chi connectivity index (χ1) is 6.76. The van der Waals surface area contributed by atoms with Gasteiger partial charge in [-0.25, -0.2) is 9.97 Å². The molecule has 0 radical (unpaired) electrons. The summed E-state index contributed by atoms with van der Waals surface area (Å²) in [7, 11) is 0. The number of hydrogen-bond acceptors (Lipinski definition) is 3. The summed E-state index contributed by atoms with van der Waals surface area (Å²) >= 11 is 0. The van der Waals surface area contributed by atoms with Gasteiger partial charge in [-0.3, -0.25) is 0 Å². The maximum atomic E-state index is 5.62. The minimum atomic E-state index is 0.545. The Hall–Kier alpha value is -0.960. The molecule has 0 aromatic carbocycles. The molecule has 2 rings (SSSR count). The number of nitrogens with two attached hydrogens (primary N) is 1. The zero-order chi connectivity index (χ0) is 10.1. The molecule has 3 nitrogen and oxygen atoms in total. The predicted octanol–water partition coefficient (Wildman–Crippen LogP) is 1.62. The zero-order valence-electron chi connectivity index (χ0n) is 8.83. The monoisotopic (exact) mass is 191 g/mol. The van der Waals surface area contributed by atoms with Gasteiger partial charge < -0.3 is 5.73 Å². The molecule has 3 heteroatoms. The van der Waals surface area contributed by atoms with E-state index in [1.807, 2.05) is 6.20 Å². The SMILES string of the molecule is CCc1nc(C2CC2C)ncc1CN. The van der Waals surface area contributed by atoms with Gasteiger partial charge in [0, 0.05) is 29.9 Å². The first-order valence-corrected chi connectivity index (χ1v) is 5.31. The summed E-state index contributed by atoms with van der Waals surface area (Å²) in [6.07, 6.45) is 4.08. The minimum Gasteiger partial charge on any atom is -0.326 e. The Bertz CT molecular complexity index is 335. The molecule has 0 aliphatic heterocycles. The standard InChI is InChI=1S/C11H17N3/c1-3-10-8(5-12)6-13-11(14-10)9-4-7(9)2/h6-7,9H,3-5,12H2,1-2H3. The predicted molar refractivity (Wildman–Crippen MR) is 55.8 cm³/mol. The van der Waals surface area contributed by atoms with Gasteiger partial charge in [-0.05, 0) is 18.8 Å². The van der Waals surface area contributed by atoms with Gasteiger partial charge in [-0.1, -0.05) is 13.8 Å². The van der Waals surface area contributed by atoms with E-state index in [-0.39, 0.29) is 0 Å². The van der Waals surface area contributed by atoms with Crippen LogP contribution < -0.4 is 5.73 Å². The molecule has 2 atom stereocenters. The smallest absolute Gasteiger partial charge is 0.131 e. The molecule has 1 fully saturated rings. The average Bonchev–Trinajstić information content (AvgIpc) is 2.94. The molecule has 0 saturated heterocycles. The van der Waals surface area contributed by atoms with E-state index in [1.165, 1.54) is 6.42 Å². The number of aromatic nitrogens is 2. The second-order valence-corrected chi connectivity index (χ2v) is 4.08. The van der Waals surface area contributed by atoms with Crippen molar-refractivity contribution in [1.82, 2.24) is 9.97 Å². The Morgan fingerprint density at radius 3 is 2.79 bits per heavy atom. The third kappa shape index (κ3) is 1.64. The van der Waals surface area contributed by atoms with E-state index in [2.05, 4.69) is 23.8 Å². The third-order valence-electron chi connectivity index (χ3n) is 2.97. The lowest BCUT2D eigenvalue weighted by Gasteiger charge is -2.06. The number of rotatable bonds is 3. The largest absolute Gasteiger partial charge is 0.326 e. The van der Waals surface area contributed by atoms with Crippen molar-refractivity contribution < 1.29 is 0 Å². The van der Waals surface area contributed by atoms with Crippen LogP contribution in [0, 0.1) is 5.92 Å². The van der Waals surface area contributed by atoms with Crippen molar-refractivity contribution in [2.75, 3.05) is 0 Å². The summed E-state index contributed by atoms with van der Waals surface area (Å²) in [5.41, 5.74) is 7.82. The lowest BCUT2D eigenvalue weighted by molar-refractivity contribution is 0.802. The van der Waals surface area contributed by atoms with Gasteiger partial charge in [-0.15, -0.1) is 0 Å². The molecule has 1 aromatic rings. The van der Waals surface area contributed by atoms with E-state index in [0.717, 1.165) is 29.4 Å². The fourth-order valence-corrected chi connectivity index (χ4v) is 1.79. The highest BCUT2D eigenvalue weighted by atomic mass is 14.9. The molecule has 1 aromatic heterocycles. The molecule has 2 unspecified atom stereocenters. The average molecular weight is 191 g/mol. The highest BCUT2D eigenvalue weighted by Crippen LogP contribution is 2.45. The van der Waals surface area contributed by atoms with E-state index < -0.39 is 0 Å². The van der Waals surface area contributed by atoms with Crippen molar-refractivity contribution in [2.45, 2.75) is 39.2 Å². The Kier molecular flexibility index (Phi) is 2.50. The molecule has 14 heavy (non-hydrogen) atoms. The lowest BCUT2D eigenvalue weighted by atomic mass is 10.2. The fourth-order valence-electron chi connectivity index (χ4n) is 1.79. The molecule has 1 heterocycles. The van der Waals surface area contributed by atoms with E-state index in [9.17, 15) is 0 Å². The van der Waals surface area contributed by atoms with Crippen LogP contribution in [-0.2, 0) is 13.0 Å². The second kappa shape index (κ2) is 3.65. The summed E-state index contributed by atoms with van der Waals surface area (Å²) in [6.45, 7) is 4.90. The Balaban J connectivity index is 2.27. The normalized spacial score (nSPS) is 25.1. The first-order valence-electron chi connectivity index (χ1n) is 5.31. The van der Waals surface area contributed by atoms with Crippen molar-refractivity contribution in [2.24, 2.45) is 11.7 Å². The first kappa shape index (κ1) is 9.59. The van der Waals surface area contributed by atoms with E-state index in [1.54, 1.807) is 0 Å². The number of aryl methyl sites for hydroxylation is 1. The summed E-state index contributed by atoms with van der Waals surface area (Å²) in [5, 5.41) is 0. The van der Waals surface area contributed by atoms with E-state index in [4.69, 9.17) is 5.73 Å². The summed E-state index contributed by atoms with van der Waals surface area (Å²) in [6, 6.07) is 0. The van der Waals surface area contributed by atoms with Crippen LogP contribution in [0.3, 0.4) is 0 Å². The van der Waals surface area contributed by atoms with Crippen LogP contribution in [0.4, 0.5) is 0 Å². The van der Waals surface area contributed by atoms with Gasteiger partial charge in [0.15, 0.2) is 0 Å². The summed E-state index contributed by atoms with van der Waals surface area (Å²) < 4.78 is 0. The second-order valence-electron chi connectivity index (χ2n) is 4.08. The molecule has 1 saturated carbocycles. The Morgan fingerprint density at radius 1 is 1.57 bits per heavy atom. The van der Waals surface area contributed by atoms with Crippen LogP contribution in [0.25, 0.3) is 0 Å². The Labute approximate surface area is 84.8 Å². The molecule has 0 amide bonds. The summed E-state index contributed by atoms with van der Waals surface area (Å²) in [5.74, 6) is 2.39. The van der Waals surface area contributed by atoms with Crippen LogP contribution in [0.2, 0.25) is 0 Å². The molecule has 2 N–H and O–H groups in total. The number of hydrogen-bond donors (Lipinski definition) is 1. The minimum absolute atomic E-state index is 0.545. The fraction of sp³-hybridized carbons (Fsp3) is 0.636. The lowest BCUT2D eigenvalue weighted by Crippen LogP contribution is -2.07. The van der Waals surface area contributed by atoms with Crippen LogP contribution >= 0.6 is 0 Å². The topological polar surface area (TPSA) is 51.8 Å². The van der Waals surface area contributed by atoms with Gasteiger partial charge in [0.25, 0.3) is 0 Å². The van der Waals surface area contributed by atoms with Crippen molar-refractivity contribution in [3.8, 4) is 0 Å². The van der Waals surface area contributed by atoms with E-state index >= 15 is 0 Å². The van der Waals surface area contributed by atoms with Crippen molar-refractivity contribution in [3.05, 3.63) is 23.3 Å². The molecule has 1 aliphatic rings. The molecule has 0 spiro atoms. The van der Waals surface area contributed by atoms with Crippen LogP contribution in [-0.4, -0.2) is 9.97 Å². The van der Waals surface area contributed by atoms with Gasteiger partial charge in [0.05, 0.1) is 0 Å². The molecular formula is C11H17N3. The molecule has 1 aliphatic carbocycles. The van der Waals surface area contributed by atoms with Crippen LogP contribution in [0.15, 0.2) is 6.20 Å². The van der Waals surface area contributed by atoms with Crippen LogP contribution in [0.5, 0.6) is 0 Å². The van der Waals surface area contributed by atoms with Gasteiger partial charge in [-0.2, -0.15) is 0 Å². The van der Waals surface area contributed by atoms with Gasteiger partial charge >= 0.3 is 0 Å². The van der Waals surface area contributed by atoms with Crippen LogP contribution in [0.1, 0.15) is 43.3 Å². The summed E-state index contributed by atoms with van der Waals surface area (Å²) in [4.78, 5) is 8.96. The zero-order valence-corrected chi connectivity index (χ0v) is 8.83. The Morgan fingerprint density at radius 2 is 2.29 bits per heavy atom. The highest BCUT2D eigenvalue weighted by molar-refractivity contribution is 5.20. The van der Waals surface area contributed by atoms with Crippen molar-refractivity contribution in [3.63, 3.8) is 0 Å². The number of nitrogens with zero attached hydrogens (tertiary/aromatic N) is 2.